The predicted octanol–water partition coefficient (Wildman–Crippen LogP) is 2.71. The van der Waals surface area contributed by atoms with Crippen molar-refractivity contribution in [3.8, 4) is 0 Å². The van der Waals surface area contributed by atoms with E-state index in [1.54, 1.807) is 11.8 Å². The maximum atomic E-state index is 10.1. The first-order chi connectivity index (χ1) is 10.9. The number of hydrogen-bond acceptors (Lipinski definition) is 5. The molecule has 1 N–H and O–H groups in total. The Bertz CT molecular complexity index is 482. The number of rotatable bonds is 6. The summed E-state index contributed by atoms with van der Waals surface area (Å²) in [5.74, 6) is 0. The molecule has 0 amide bonds. The van der Waals surface area contributed by atoms with Gasteiger partial charge in [0.25, 0.3) is 0 Å². The number of ether oxygens (including phenoxy) is 1. The van der Waals surface area contributed by atoms with E-state index in [0.29, 0.717) is 13.2 Å². The minimum atomic E-state index is -0.417. The summed E-state index contributed by atoms with van der Waals surface area (Å²) in [6, 6.07) is 8.58. The van der Waals surface area contributed by atoms with Crippen LogP contribution in [0.2, 0.25) is 0 Å². The average molecular weight is 339 g/mol. The summed E-state index contributed by atoms with van der Waals surface area (Å²) < 4.78 is 5.66. The summed E-state index contributed by atoms with van der Waals surface area (Å²) in [5.41, 5.74) is 1.14. The van der Waals surface area contributed by atoms with E-state index in [0.717, 1.165) is 26.2 Å². The summed E-state index contributed by atoms with van der Waals surface area (Å²) in [6.45, 7) is 11.1. The minimum absolute atomic E-state index is 0.193. The normalized spacial score (nSPS) is 18.2. The highest BCUT2D eigenvalue weighted by molar-refractivity contribution is 7.98. The quantitative estimate of drug-likeness (QED) is 0.807. The third-order valence-corrected chi connectivity index (χ3v) is 4.76. The standard InChI is InChI=1S/C18H30N2O2S/c1-18(2,3)22-14-15(21)13-19-9-11-20(12-10-19)16-7-5-6-8-17(16)23-4/h5-8,15,21H,9-14H2,1-4H3. The molecule has 130 valence electrons. The van der Waals surface area contributed by atoms with Gasteiger partial charge < -0.3 is 14.7 Å². The Kier molecular flexibility index (Phi) is 6.77. The number of aliphatic hydroxyl groups is 1. The predicted molar refractivity (Wildman–Crippen MR) is 98.6 cm³/mol. The molecule has 0 saturated carbocycles. The molecule has 0 spiro atoms. The SMILES string of the molecule is CSc1ccccc1N1CCN(CC(O)COC(C)(C)C)CC1. The van der Waals surface area contributed by atoms with Gasteiger partial charge in [-0.1, -0.05) is 12.1 Å². The third kappa shape index (κ3) is 5.99. The molecule has 1 aromatic rings. The number of nitrogens with zero attached hydrogens (tertiary/aromatic N) is 2. The number of benzene rings is 1. The molecule has 0 bridgehead atoms. The van der Waals surface area contributed by atoms with Crippen LogP contribution < -0.4 is 4.90 Å². The van der Waals surface area contributed by atoms with E-state index in [9.17, 15) is 5.11 Å². The zero-order valence-corrected chi connectivity index (χ0v) is 15.6. The second-order valence-electron chi connectivity index (χ2n) is 7.04. The highest BCUT2D eigenvalue weighted by atomic mass is 32.2. The number of piperazine rings is 1. The molecule has 2 rings (SSSR count). The molecule has 5 heteroatoms. The Morgan fingerprint density at radius 2 is 1.83 bits per heavy atom. The van der Waals surface area contributed by atoms with Crippen molar-refractivity contribution in [1.29, 1.82) is 0 Å². The first-order valence-corrected chi connectivity index (χ1v) is 9.54. The average Bonchev–Trinajstić information content (AvgIpc) is 2.53. The van der Waals surface area contributed by atoms with Crippen LogP contribution in [-0.2, 0) is 4.74 Å². The van der Waals surface area contributed by atoms with E-state index in [1.165, 1.54) is 10.6 Å². The number of thioether (sulfide) groups is 1. The van der Waals surface area contributed by atoms with Gasteiger partial charge in [-0.25, -0.2) is 0 Å². The third-order valence-electron chi connectivity index (χ3n) is 3.98. The lowest BCUT2D eigenvalue weighted by atomic mass is 10.2. The van der Waals surface area contributed by atoms with Crippen molar-refractivity contribution in [1.82, 2.24) is 4.90 Å². The van der Waals surface area contributed by atoms with Gasteiger partial charge in [0.05, 0.1) is 24.0 Å². The molecule has 1 aromatic carbocycles. The van der Waals surface area contributed by atoms with Crippen LogP contribution in [0.5, 0.6) is 0 Å². The maximum absolute atomic E-state index is 10.1. The highest BCUT2D eigenvalue weighted by Crippen LogP contribution is 2.28. The summed E-state index contributed by atoms with van der Waals surface area (Å²) >= 11 is 1.80. The lowest BCUT2D eigenvalue weighted by Gasteiger charge is -2.37. The minimum Gasteiger partial charge on any atom is -0.389 e. The molecular weight excluding hydrogens is 308 g/mol. The number of anilines is 1. The van der Waals surface area contributed by atoms with Crippen molar-refractivity contribution in [3.63, 3.8) is 0 Å². The summed E-state index contributed by atoms with van der Waals surface area (Å²) in [7, 11) is 0. The van der Waals surface area contributed by atoms with E-state index in [4.69, 9.17) is 4.74 Å². The van der Waals surface area contributed by atoms with Crippen LogP contribution in [0.25, 0.3) is 0 Å². The van der Waals surface area contributed by atoms with Gasteiger partial charge >= 0.3 is 0 Å². The van der Waals surface area contributed by atoms with Gasteiger partial charge in [0.1, 0.15) is 0 Å². The van der Waals surface area contributed by atoms with E-state index in [2.05, 4.69) is 40.3 Å². The zero-order chi connectivity index (χ0) is 16.9. The molecule has 1 aliphatic rings. The van der Waals surface area contributed by atoms with E-state index in [1.807, 2.05) is 20.8 Å². The molecule has 23 heavy (non-hydrogen) atoms. The lowest BCUT2D eigenvalue weighted by molar-refractivity contribution is -0.0563. The van der Waals surface area contributed by atoms with Gasteiger partial charge in [0.15, 0.2) is 0 Å². The van der Waals surface area contributed by atoms with Gasteiger partial charge in [-0.3, -0.25) is 4.90 Å². The highest BCUT2D eigenvalue weighted by Gasteiger charge is 2.21. The van der Waals surface area contributed by atoms with Gasteiger partial charge in [-0.05, 0) is 39.2 Å². The van der Waals surface area contributed by atoms with Crippen molar-refractivity contribution in [2.24, 2.45) is 0 Å². The summed E-state index contributed by atoms with van der Waals surface area (Å²) in [5, 5.41) is 10.1. The van der Waals surface area contributed by atoms with Crippen LogP contribution >= 0.6 is 11.8 Å². The van der Waals surface area contributed by atoms with Gasteiger partial charge in [0.2, 0.25) is 0 Å². The van der Waals surface area contributed by atoms with Crippen LogP contribution in [0, 0.1) is 0 Å². The Morgan fingerprint density at radius 1 is 1.17 bits per heavy atom. The Balaban J connectivity index is 1.80. The molecule has 0 radical (unpaired) electrons. The molecular formula is C18H30N2O2S. The fourth-order valence-corrected chi connectivity index (χ4v) is 3.38. The summed E-state index contributed by atoms with van der Waals surface area (Å²) in [4.78, 5) is 6.11. The molecule has 4 nitrogen and oxygen atoms in total. The zero-order valence-electron chi connectivity index (χ0n) is 14.8. The van der Waals surface area contributed by atoms with Crippen molar-refractivity contribution >= 4 is 17.4 Å². The molecule has 0 aromatic heterocycles. The second kappa shape index (κ2) is 8.38. The van der Waals surface area contributed by atoms with Crippen molar-refractivity contribution in [2.45, 2.75) is 37.4 Å². The first-order valence-electron chi connectivity index (χ1n) is 8.31. The van der Waals surface area contributed by atoms with Gasteiger partial charge in [-0.15, -0.1) is 11.8 Å². The number of para-hydroxylation sites is 1. The Morgan fingerprint density at radius 3 is 2.43 bits per heavy atom. The van der Waals surface area contributed by atoms with Crippen LogP contribution in [0.3, 0.4) is 0 Å². The number of hydrogen-bond donors (Lipinski definition) is 1. The molecule has 0 aliphatic carbocycles. The largest absolute Gasteiger partial charge is 0.389 e. The maximum Gasteiger partial charge on any atom is 0.0900 e. The Labute approximate surface area is 144 Å². The first kappa shape index (κ1) is 18.6. The van der Waals surface area contributed by atoms with Gasteiger partial charge in [-0.2, -0.15) is 0 Å². The smallest absolute Gasteiger partial charge is 0.0900 e. The van der Waals surface area contributed by atoms with E-state index in [-0.39, 0.29) is 5.60 Å². The second-order valence-corrected chi connectivity index (χ2v) is 7.88. The monoisotopic (exact) mass is 338 g/mol. The van der Waals surface area contributed by atoms with Crippen LogP contribution in [0.4, 0.5) is 5.69 Å². The molecule has 1 heterocycles. The van der Waals surface area contributed by atoms with E-state index < -0.39 is 6.10 Å². The van der Waals surface area contributed by atoms with Crippen molar-refractivity contribution in [3.05, 3.63) is 24.3 Å². The van der Waals surface area contributed by atoms with Crippen LogP contribution in [0.1, 0.15) is 20.8 Å². The molecule has 1 unspecified atom stereocenters. The lowest BCUT2D eigenvalue weighted by Crippen LogP contribution is -2.49. The molecule has 1 aliphatic heterocycles. The molecule has 1 fully saturated rings. The topological polar surface area (TPSA) is 35.9 Å². The van der Waals surface area contributed by atoms with Crippen LogP contribution in [-0.4, -0.2) is 67.3 Å². The number of β-amino-alcohol motifs (C(OH)–C–C–N with tert-alkyl or cyclic N) is 1. The molecule has 1 atom stereocenters. The fourth-order valence-electron chi connectivity index (χ4n) is 2.76. The Hall–Kier alpha value is -0.750. The van der Waals surface area contributed by atoms with E-state index >= 15 is 0 Å². The van der Waals surface area contributed by atoms with Gasteiger partial charge in [0, 0.05) is 37.6 Å². The number of aliphatic hydroxyl groups excluding tert-OH is 1. The molecule has 1 saturated heterocycles. The van der Waals surface area contributed by atoms with Crippen molar-refractivity contribution in [2.75, 3.05) is 50.5 Å². The fraction of sp³-hybridized carbons (Fsp3) is 0.667. The summed E-state index contributed by atoms with van der Waals surface area (Å²) in [6.07, 6.45) is 1.71. The van der Waals surface area contributed by atoms with Crippen LogP contribution in [0.15, 0.2) is 29.2 Å². The van der Waals surface area contributed by atoms with Crippen molar-refractivity contribution < 1.29 is 9.84 Å².